The van der Waals surface area contributed by atoms with Crippen LogP contribution in [0.3, 0.4) is 0 Å². The maximum atomic E-state index is 11.8. The second-order valence-corrected chi connectivity index (χ2v) is 4.97. The van der Waals surface area contributed by atoms with E-state index in [0.29, 0.717) is 18.7 Å². The Morgan fingerprint density at radius 1 is 1.47 bits per heavy atom. The number of nitro groups is 1. The van der Waals surface area contributed by atoms with Gasteiger partial charge < -0.3 is 4.90 Å². The van der Waals surface area contributed by atoms with Gasteiger partial charge in [-0.25, -0.2) is 0 Å². The average molecular weight is 263 g/mol. The highest BCUT2D eigenvalue weighted by Gasteiger charge is 2.29. The third-order valence-electron chi connectivity index (χ3n) is 3.59. The molecule has 1 N–H and O–H groups in total. The Morgan fingerprint density at radius 3 is 2.68 bits per heavy atom. The lowest BCUT2D eigenvalue weighted by Crippen LogP contribution is -2.31. The van der Waals surface area contributed by atoms with Crippen molar-refractivity contribution in [2.24, 2.45) is 0 Å². The molecule has 0 unspecified atom stereocenters. The van der Waals surface area contributed by atoms with E-state index >= 15 is 0 Å². The summed E-state index contributed by atoms with van der Waals surface area (Å²) < 4.78 is 0. The van der Waals surface area contributed by atoms with Crippen LogP contribution >= 0.6 is 0 Å². The average Bonchev–Trinajstić information content (AvgIpc) is 2.65. The number of carbonyl (C=O) groups excluding carboxylic acids is 1. The number of nitrogens with zero attached hydrogens (tertiary/aromatic N) is 2. The SMILES string of the molecule is Cc1cc(C[C@@H]2NCN(C)C2=O)cc([N+](=O)[O-])c1C. The molecule has 1 heterocycles. The van der Waals surface area contributed by atoms with Crippen molar-refractivity contribution in [1.29, 1.82) is 0 Å². The minimum absolute atomic E-state index is 0.0286. The van der Waals surface area contributed by atoms with E-state index in [9.17, 15) is 14.9 Å². The number of hydrogen-bond donors (Lipinski definition) is 1. The third kappa shape index (κ3) is 2.58. The number of likely N-dealkylation sites (N-methyl/N-ethyl adjacent to an activating group) is 1. The lowest BCUT2D eigenvalue weighted by molar-refractivity contribution is -0.385. The van der Waals surface area contributed by atoms with Gasteiger partial charge in [0.1, 0.15) is 0 Å². The Balaban J connectivity index is 2.26. The summed E-state index contributed by atoms with van der Waals surface area (Å²) >= 11 is 0. The molecule has 1 aliphatic heterocycles. The van der Waals surface area contributed by atoms with E-state index in [1.165, 1.54) is 0 Å². The summed E-state index contributed by atoms with van der Waals surface area (Å²) in [6.45, 7) is 4.11. The second kappa shape index (κ2) is 4.97. The number of hydrogen-bond acceptors (Lipinski definition) is 4. The van der Waals surface area contributed by atoms with Gasteiger partial charge in [-0.1, -0.05) is 6.07 Å². The van der Waals surface area contributed by atoms with Crippen molar-refractivity contribution in [3.63, 3.8) is 0 Å². The highest BCUT2D eigenvalue weighted by Crippen LogP contribution is 2.24. The molecule has 1 aromatic carbocycles. The fourth-order valence-corrected chi connectivity index (χ4v) is 2.29. The number of rotatable bonds is 3. The first-order chi connectivity index (χ1) is 8.90. The van der Waals surface area contributed by atoms with Gasteiger partial charge in [-0.05, 0) is 31.4 Å². The Labute approximate surface area is 111 Å². The number of carbonyl (C=O) groups is 1. The van der Waals surface area contributed by atoms with Crippen LogP contribution < -0.4 is 5.32 Å². The van der Waals surface area contributed by atoms with Crippen molar-refractivity contribution < 1.29 is 9.72 Å². The van der Waals surface area contributed by atoms with Crippen molar-refractivity contribution >= 4 is 11.6 Å². The summed E-state index contributed by atoms with van der Waals surface area (Å²) in [5.41, 5.74) is 2.49. The summed E-state index contributed by atoms with van der Waals surface area (Å²) in [4.78, 5) is 24.0. The summed E-state index contributed by atoms with van der Waals surface area (Å²) in [7, 11) is 1.73. The van der Waals surface area contributed by atoms with E-state index in [1.54, 1.807) is 24.9 Å². The zero-order valence-electron chi connectivity index (χ0n) is 11.3. The molecule has 0 spiro atoms. The molecule has 1 atom stereocenters. The number of aryl methyl sites for hydroxylation is 1. The summed E-state index contributed by atoms with van der Waals surface area (Å²) in [5, 5.41) is 14.1. The van der Waals surface area contributed by atoms with Crippen LogP contribution in [0.4, 0.5) is 5.69 Å². The summed E-state index contributed by atoms with van der Waals surface area (Å²) in [5.74, 6) is 0.0286. The number of nitrogens with one attached hydrogen (secondary N) is 1. The van der Waals surface area contributed by atoms with E-state index in [0.717, 1.165) is 11.1 Å². The molecule has 19 heavy (non-hydrogen) atoms. The molecule has 1 amide bonds. The van der Waals surface area contributed by atoms with E-state index in [4.69, 9.17) is 0 Å². The maximum Gasteiger partial charge on any atom is 0.272 e. The van der Waals surface area contributed by atoms with Crippen molar-refractivity contribution in [1.82, 2.24) is 10.2 Å². The molecular weight excluding hydrogens is 246 g/mol. The molecule has 1 fully saturated rings. The minimum atomic E-state index is -0.373. The highest BCUT2D eigenvalue weighted by molar-refractivity contribution is 5.83. The topological polar surface area (TPSA) is 75.5 Å². The van der Waals surface area contributed by atoms with Crippen LogP contribution in [0.1, 0.15) is 16.7 Å². The molecule has 6 heteroatoms. The molecule has 1 saturated heterocycles. The lowest BCUT2D eigenvalue weighted by Gasteiger charge is -2.11. The van der Waals surface area contributed by atoms with Crippen LogP contribution in [-0.2, 0) is 11.2 Å². The van der Waals surface area contributed by atoms with Crippen LogP contribution in [0, 0.1) is 24.0 Å². The maximum absolute atomic E-state index is 11.8. The smallest absolute Gasteiger partial charge is 0.272 e. The number of benzene rings is 1. The van der Waals surface area contributed by atoms with Gasteiger partial charge >= 0.3 is 0 Å². The van der Waals surface area contributed by atoms with Gasteiger partial charge in [0.05, 0.1) is 17.6 Å². The zero-order chi connectivity index (χ0) is 14.2. The molecule has 2 rings (SSSR count). The van der Waals surface area contributed by atoms with Gasteiger partial charge in [0, 0.05) is 18.7 Å². The van der Waals surface area contributed by atoms with Crippen LogP contribution in [-0.4, -0.2) is 35.5 Å². The number of nitro benzene ring substituents is 1. The summed E-state index contributed by atoms with van der Waals surface area (Å²) in [6.07, 6.45) is 0.477. The zero-order valence-corrected chi connectivity index (χ0v) is 11.3. The Kier molecular flexibility index (Phi) is 3.53. The molecule has 0 bridgehead atoms. The van der Waals surface area contributed by atoms with Crippen LogP contribution in [0.15, 0.2) is 12.1 Å². The van der Waals surface area contributed by atoms with E-state index in [-0.39, 0.29) is 22.6 Å². The molecule has 0 radical (unpaired) electrons. The fraction of sp³-hybridized carbons (Fsp3) is 0.462. The van der Waals surface area contributed by atoms with Gasteiger partial charge in [0.15, 0.2) is 0 Å². The normalized spacial score (nSPS) is 19.0. The molecule has 102 valence electrons. The van der Waals surface area contributed by atoms with Gasteiger partial charge in [0.25, 0.3) is 5.69 Å². The first-order valence-electron chi connectivity index (χ1n) is 6.13. The van der Waals surface area contributed by atoms with Crippen LogP contribution in [0.5, 0.6) is 0 Å². The van der Waals surface area contributed by atoms with Gasteiger partial charge in [0.2, 0.25) is 5.91 Å². The van der Waals surface area contributed by atoms with E-state index < -0.39 is 0 Å². The Morgan fingerprint density at radius 2 is 2.16 bits per heavy atom. The van der Waals surface area contributed by atoms with Gasteiger partial charge in [-0.2, -0.15) is 0 Å². The predicted octanol–water partition coefficient (Wildman–Crippen LogP) is 1.14. The van der Waals surface area contributed by atoms with Crippen molar-refractivity contribution in [2.75, 3.05) is 13.7 Å². The molecule has 1 aromatic rings. The molecule has 1 aliphatic rings. The predicted molar refractivity (Wildman–Crippen MR) is 70.8 cm³/mol. The standard InChI is InChI=1S/C13H17N3O3/c1-8-4-10(6-12(9(8)2)16(18)19)5-11-13(17)15(3)7-14-11/h4,6,11,14H,5,7H2,1-3H3/t11-/m0/s1. The highest BCUT2D eigenvalue weighted by atomic mass is 16.6. The first kappa shape index (κ1) is 13.5. The van der Waals surface area contributed by atoms with E-state index in [2.05, 4.69) is 5.32 Å². The van der Waals surface area contributed by atoms with Crippen LogP contribution in [0.25, 0.3) is 0 Å². The quantitative estimate of drug-likeness (QED) is 0.655. The first-order valence-corrected chi connectivity index (χ1v) is 6.13. The van der Waals surface area contributed by atoms with Gasteiger partial charge in [-0.3, -0.25) is 20.2 Å². The van der Waals surface area contributed by atoms with E-state index in [1.807, 2.05) is 13.0 Å². The van der Waals surface area contributed by atoms with Crippen molar-refractivity contribution in [3.05, 3.63) is 38.9 Å². The largest absolute Gasteiger partial charge is 0.332 e. The lowest BCUT2D eigenvalue weighted by atomic mass is 9.99. The molecule has 0 aliphatic carbocycles. The monoisotopic (exact) mass is 263 g/mol. The second-order valence-electron chi connectivity index (χ2n) is 4.97. The summed E-state index contributed by atoms with van der Waals surface area (Å²) in [6, 6.07) is 3.19. The molecular formula is C13H17N3O3. The Hall–Kier alpha value is -1.95. The minimum Gasteiger partial charge on any atom is -0.332 e. The molecule has 0 saturated carbocycles. The number of amides is 1. The van der Waals surface area contributed by atoms with Gasteiger partial charge in [-0.15, -0.1) is 0 Å². The molecule has 0 aromatic heterocycles. The van der Waals surface area contributed by atoms with Crippen LogP contribution in [0.2, 0.25) is 0 Å². The Bertz CT molecular complexity index is 542. The fourth-order valence-electron chi connectivity index (χ4n) is 2.29. The molecule has 6 nitrogen and oxygen atoms in total. The van der Waals surface area contributed by atoms with Crippen molar-refractivity contribution in [3.8, 4) is 0 Å². The third-order valence-corrected chi connectivity index (χ3v) is 3.59. The van der Waals surface area contributed by atoms with Crippen molar-refractivity contribution in [2.45, 2.75) is 26.3 Å².